The molecule has 2 aromatic carbocycles. The predicted molar refractivity (Wildman–Crippen MR) is 139 cm³/mol. The van der Waals surface area contributed by atoms with E-state index in [1.807, 2.05) is 41.3 Å². The minimum absolute atomic E-state index is 0.141. The summed E-state index contributed by atoms with van der Waals surface area (Å²) >= 11 is 0. The van der Waals surface area contributed by atoms with Gasteiger partial charge >= 0.3 is 0 Å². The van der Waals surface area contributed by atoms with Gasteiger partial charge in [0.1, 0.15) is 11.4 Å². The highest BCUT2D eigenvalue weighted by molar-refractivity contribution is 5.94. The van der Waals surface area contributed by atoms with E-state index >= 15 is 4.39 Å². The molecule has 0 bridgehead atoms. The number of halogens is 1. The zero-order valence-electron chi connectivity index (χ0n) is 20.9. The highest BCUT2D eigenvalue weighted by atomic mass is 19.1. The summed E-state index contributed by atoms with van der Waals surface area (Å²) in [6, 6.07) is 16.2. The van der Waals surface area contributed by atoms with Gasteiger partial charge in [-0.1, -0.05) is 43.5 Å². The molecule has 3 aliphatic rings. The maximum atomic E-state index is 15.0. The smallest absolute Gasteiger partial charge is 0.253 e. The van der Waals surface area contributed by atoms with E-state index in [9.17, 15) is 4.79 Å². The van der Waals surface area contributed by atoms with Gasteiger partial charge in [0.05, 0.1) is 6.61 Å². The first-order valence-electron chi connectivity index (χ1n) is 13.6. The van der Waals surface area contributed by atoms with Crippen LogP contribution in [0.15, 0.2) is 48.5 Å². The number of nitrogens with zero attached hydrogens (tertiary/aromatic N) is 2. The van der Waals surface area contributed by atoms with Crippen molar-refractivity contribution in [1.29, 1.82) is 0 Å². The fraction of sp³-hybridized carbons (Fsp3) is 0.567. The monoisotopic (exact) mass is 478 g/mol. The van der Waals surface area contributed by atoms with E-state index in [4.69, 9.17) is 4.74 Å². The molecule has 2 aliphatic heterocycles. The average molecular weight is 479 g/mol. The Morgan fingerprint density at radius 2 is 1.43 bits per heavy atom. The SMILES string of the molecule is O=C(c1ccc(-c2ccc(OCC3CCN(CC4(F)CCCCC4)CC3)cc2)cc1)N1CCCC1. The molecule has 5 rings (SSSR count). The van der Waals surface area contributed by atoms with Gasteiger partial charge in [0.15, 0.2) is 0 Å². The van der Waals surface area contributed by atoms with E-state index in [1.54, 1.807) is 0 Å². The standard InChI is InChI=1S/C30H39FN2O2/c31-30(16-2-1-3-17-30)23-32-20-14-24(15-21-32)22-35-28-12-10-26(11-13-28)25-6-8-27(9-7-25)29(34)33-18-4-5-19-33/h6-13,24H,1-5,14-23H2. The summed E-state index contributed by atoms with van der Waals surface area (Å²) in [5.74, 6) is 1.57. The van der Waals surface area contributed by atoms with Crippen LogP contribution in [-0.4, -0.2) is 60.7 Å². The normalized spacial score (nSPS) is 21.2. The van der Waals surface area contributed by atoms with Crippen LogP contribution < -0.4 is 4.74 Å². The van der Waals surface area contributed by atoms with Gasteiger partial charge in [0.25, 0.3) is 5.91 Å². The van der Waals surface area contributed by atoms with Crippen LogP contribution in [0.5, 0.6) is 5.75 Å². The zero-order valence-corrected chi connectivity index (χ0v) is 20.9. The van der Waals surface area contributed by atoms with Gasteiger partial charge < -0.3 is 14.5 Å². The third-order valence-electron chi connectivity index (χ3n) is 8.16. The van der Waals surface area contributed by atoms with E-state index in [1.165, 1.54) is 6.42 Å². The van der Waals surface area contributed by atoms with Crippen molar-refractivity contribution in [3.8, 4) is 16.9 Å². The summed E-state index contributed by atoms with van der Waals surface area (Å²) in [4.78, 5) is 16.8. The Morgan fingerprint density at radius 3 is 2.06 bits per heavy atom. The van der Waals surface area contributed by atoms with Gasteiger partial charge in [-0.3, -0.25) is 4.79 Å². The lowest BCUT2D eigenvalue weighted by Crippen LogP contribution is -2.45. The molecule has 188 valence electrons. The highest BCUT2D eigenvalue weighted by Crippen LogP contribution is 2.33. The second kappa shape index (κ2) is 11.1. The Labute approximate surface area is 209 Å². The number of benzene rings is 2. The van der Waals surface area contributed by atoms with Crippen LogP contribution in [0.1, 0.15) is 68.1 Å². The second-order valence-electron chi connectivity index (χ2n) is 10.8. The third-order valence-corrected chi connectivity index (χ3v) is 8.16. The van der Waals surface area contributed by atoms with Crippen LogP contribution in [0, 0.1) is 5.92 Å². The molecule has 35 heavy (non-hydrogen) atoms. The Hall–Kier alpha value is -2.40. The number of hydrogen-bond acceptors (Lipinski definition) is 3. The van der Waals surface area contributed by atoms with E-state index in [0.29, 0.717) is 12.5 Å². The third kappa shape index (κ3) is 6.24. The number of alkyl halides is 1. The Morgan fingerprint density at radius 1 is 0.829 bits per heavy atom. The van der Waals surface area contributed by atoms with Crippen LogP contribution in [-0.2, 0) is 0 Å². The number of carbonyl (C=O) groups is 1. The first-order valence-corrected chi connectivity index (χ1v) is 13.6. The van der Waals surface area contributed by atoms with Crippen molar-refractivity contribution in [2.45, 2.75) is 63.5 Å². The largest absolute Gasteiger partial charge is 0.493 e. The fourth-order valence-electron chi connectivity index (χ4n) is 5.92. The summed E-state index contributed by atoms with van der Waals surface area (Å²) in [6.45, 7) is 5.05. The van der Waals surface area contributed by atoms with Gasteiger partial charge in [0.2, 0.25) is 0 Å². The summed E-state index contributed by atoms with van der Waals surface area (Å²) in [5, 5.41) is 0. The molecule has 1 amide bonds. The number of carbonyl (C=O) groups excluding carboxylic acids is 1. The number of piperidine rings is 1. The molecule has 2 saturated heterocycles. The average Bonchev–Trinajstić information content (AvgIpc) is 3.44. The van der Waals surface area contributed by atoms with Crippen molar-refractivity contribution in [2.24, 2.45) is 5.92 Å². The van der Waals surface area contributed by atoms with E-state index in [0.717, 1.165) is 107 Å². The van der Waals surface area contributed by atoms with Gasteiger partial charge in [-0.2, -0.15) is 0 Å². The van der Waals surface area contributed by atoms with Gasteiger partial charge in [-0.15, -0.1) is 0 Å². The molecule has 0 N–H and O–H groups in total. The van der Waals surface area contributed by atoms with Crippen molar-refractivity contribution >= 4 is 5.91 Å². The maximum Gasteiger partial charge on any atom is 0.253 e. The molecule has 0 spiro atoms. The van der Waals surface area contributed by atoms with Crippen LogP contribution in [0.2, 0.25) is 0 Å². The topological polar surface area (TPSA) is 32.8 Å². The molecule has 2 heterocycles. The first-order chi connectivity index (χ1) is 17.1. The summed E-state index contributed by atoms with van der Waals surface area (Å²) in [7, 11) is 0. The molecule has 0 atom stereocenters. The van der Waals surface area contributed by atoms with Gasteiger partial charge in [0, 0.05) is 25.2 Å². The molecule has 5 heteroatoms. The van der Waals surface area contributed by atoms with Crippen LogP contribution in [0.4, 0.5) is 4.39 Å². The van der Waals surface area contributed by atoms with Gasteiger partial charge in [-0.05, 0) is 92.9 Å². The van der Waals surface area contributed by atoms with E-state index in [-0.39, 0.29) is 5.91 Å². The van der Waals surface area contributed by atoms with Crippen molar-refractivity contribution in [3.63, 3.8) is 0 Å². The molecule has 2 aromatic rings. The minimum atomic E-state index is -0.951. The summed E-state index contributed by atoms with van der Waals surface area (Å²) < 4.78 is 21.1. The van der Waals surface area contributed by atoms with E-state index < -0.39 is 5.67 Å². The number of hydrogen-bond donors (Lipinski definition) is 0. The second-order valence-corrected chi connectivity index (χ2v) is 10.8. The van der Waals surface area contributed by atoms with Crippen molar-refractivity contribution < 1.29 is 13.9 Å². The lowest BCUT2D eigenvalue weighted by molar-refractivity contribution is 0.0363. The van der Waals surface area contributed by atoms with Crippen molar-refractivity contribution in [3.05, 3.63) is 54.1 Å². The number of likely N-dealkylation sites (tertiary alicyclic amines) is 2. The summed E-state index contributed by atoms with van der Waals surface area (Å²) in [6.07, 6.45) is 9.15. The quantitative estimate of drug-likeness (QED) is 0.465. The molecule has 1 saturated carbocycles. The van der Waals surface area contributed by atoms with Crippen molar-refractivity contribution in [2.75, 3.05) is 39.3 Å². The Bertz CT molecular complexity index is 955. The Kier molecular flexibility index (Phi) is 7.72. The van der Waals surface area contributed by atoms with E-state index in [2.05, 4.69) is 17.0 Å². The molecule has 0 aromatic heterocycles. The lowest BCUT2D eigenvalue weighted by atomic mass is 9.85. The molecule has 4 nitrogen and oxygen atoms in total. The summed E-state index contributed by atoms with van der Waals surface area (Å²) in [5.41, 5.74) is 2.04. The lowest BCUT2D eigenvalue weighted by Gasteiger charge is -2.38. The molecule has 3 fully saturated rings. The predicted octanol–water partition coefficient (Wildman–Crippen LogP) is 6.35. The number of rotatable bonds is 7. The highest BCUT2D eigenvalue weighted by Gasteiger charge is 2.34. The number of amides is 1. The van der Waals surface area contributed by atoms with Crippen LogP contribution >= 0.6 is 0 Å². The van der Waals surface area contributed by atoms with Gasteiger partial charge in [-0.25, -0.2) is 4.39 Å². The Balaban J connectivity index is 1.07. The molecule has 0 radical (unpaired) electrons. The first kappa shape index (κ1) is 24.3. The number of ether oxygens (including phenoxy) is 1. The van der Waals surface area contributed by atoms with Crippen LogP contribution in [0.25, 0.3) is 11.1 Å². The zero-order chi connectivity index (χ0) is 24.1. The molecule has 0 unspecified atom stereocenters. The molecule has 1 aliphatic carbocycles. The maximum absolute atomic E-state index is 15.0. The fourth-order valence-corrected chi connectivity index (χ4v) is 5.92. The van der Waals surface area contributed by atoms with Crippen molar-refractivity contribution in [1.82, 2.24) is 9.80 Å². The molecular weight excluding hydrogens is 439 g/mol. The molecular formula is C30H39FN2O2. The minimum Gasteiger partial charge on any atom is -0.493 e. The van der Waals surface area contributed by atoms with Crippen LogP contribution in [0.3, 0.4) is 0 Å².